The van der Waals surface area contributed by atoms with Crippen molar-refractivity contribution in [2.24, 2.45) is 0 Å². The van der Waals surface area contributed by atoms with Gasteiger partial charge in [0.05, 0.1) is 12.2 Å². The topological polar surface area (TPSA) is 55.9 Å². The predicted molar refractivity (Wildman–Crippen MR) is 138 cm³/mol. The minimum absolute atomic E-state index is 0.160. The molecule has 6 nitrogen and oxygen atoms in total. The van der Waals surface area contributed by atoms with Gasteiger partial charge in [0, 0.05) is 30.6 Å². The molecule has 37 heavy (non-hydrogen) atoms. The van der Waals surface area contributed by atoms with Crippen LogP contribution in [0.15, 0.2) is 60.0 Å². The maximum absolute atomic E-state index is 14.2. The van der Waals surface area contributed by atoms with E-state index in [0.717, 1.165) is 48.5 Å². The van der Waals surface area contributed by atoms with E-state index in [2.05, 4.69) is 10.2 Å². The van der Waals surface area contributed by atoms with Gasteiger partial charge >= 0.3 is 6.03 Å². The Kier molecular flexibility index (Phi) is 9.19. The molecular formula is C27H29F3N4O2S. The molecule has 0 radical (unpaired) electrons. The molecule has 0 saturated carbocycles. The quantitative estimate of drug-likeness (QED) is 0.386. The summed E-state index contributed by atoms with van der Waals surface area (Å²) < 4.78 is 40.9. The Balaban J connectivity index is 1.50. The smallest absolute Gasteiger partial charge is 0.322 e. The highest BCUT2D eigenvalue weighted by atomic mass is 32.1. The number of nitrogens with zero attached hydrogens (tertiary/aromatic N) is 3. The summed E-state index contributed by atoms with van der Waals surface area (Å²) in [5.41, 5.74) is 0.597. The van der Waals surface area contributed by atoms with Gasteiger partial charge in [0.2, 0.25) is 5.91 Å². The van der Waals surface area contributed by atoms with Gasteiger partial charge in [-0.2, -0.15) is 0 Å². The molecule has 0 aliphatic carbocycles. The van der Waals surface area contributed by atoms with Crippen molar-refractivity contribution in [3.8, 4) is 0 Å². The normalized spacial score (nSPS) is 13.5. The fourth-order valence-corrected chi connectivity index (χ4v) is 4.92. The molecule has 0 bridgehead atoms. The van der Waals surface area contributed by atoms with E-state index < -0.39 is 17.7 Å². The molecule has 3 amide bonds. The SMILES string of the molecule is O=C(CN(CCN1CCCC1)C(=O)Nc1ccc(F)cc1F)N(Cc1ccc(F)cc1)Cc1cccs1. The molecule has 0 spiro atoms. The maximum atomic E-state index is 14.2. The molecule has 196 valence electrons. The third kappa shape index (κ3) is 7.80. The van der Waals surface area contributed by atoms with Crippen molar-refractivity contribution in [3.05, 3.63) is 87.9 Å². The Morgan fingerprint density at radius 2 is 1.65 bits per heavy atom. The number of carbonyl (C=O) groups excluding carboxylic acids is 2. The van der Waals surface area contributed by atoms with E-state index in [4.69, 9.17) is 0 Å². The van der Waals surface area contributed by atoms with Gasteiger partial charge in [-0.05, 0) is 67.2 Å². The van der Waals surface area contributed by atoms with Crippen LogP contribution in [-0.2, 0) is 17.9 Å². The van der Waals surface area contributed by atoms with Crippen molar-refractivity contribution in [2.75, 3.05) is 38.0 Å². The highest BCUT2D eigenvalue weighted by molar-refractivity contribution is 7.09. The highest BCUT2D eigenvalue weighted by Gasteiger charge is 2.24. The summed E-state index contributed by atoms with van der Waals surface area (Å²) in [5.74, 6) is -2.30. The van der Waals surface area contributed by atoms with Crippen molar-refractivity contribution in [3.63, 3.8) is 0 Å². The number of hydrogen-bond acceptors (Lipinski definition) is 4. The first-order chi connectivity index (χ1) is 17.9. The molecule has 1 aliphatic heterocycles. The van der Waals surface area contributed by atoms with E-state index in [1.807, 2.05) is 17.5 Å². The molecule has 1 aliphatic rings. The van der Waals surface area contributed by atoms with Gasteiger partial charge in [0.15, 0.2) is 0 Å². The van der Waals surface area contributed by atoms with Crippen LogP contribution in [0.1, 0.15) is 23.3 Å². The fraction of sp³-hybridized carbons (Fsp3) is 0.333. The lowest BCUT2D eigenvalue weighted by Gasteiger charge is -2.29. The molecule has 0 unspecified atom stereocenters. The number of anilines is 1. The van der Waals surface area contributed by atoms with E-state index in [9.17, 15) is 22.8 Å². The average Bonchev–Trinajstić information content (AvgIpc) is 3.59. The summed E-state index contributed by atoms with van der Waals surface area (Å²) in [7, 11) is 0. The molecule has 0 atom stereocenters. The first kappa shape index (κ1) is 26.7. The number of halogens is 3. The summed E-state index contributed by atoms with van der Waals surface area (Å²) in [6.45, 7) is 3.04. The average molecular weight is 531 g/mol. The van der Waals surface area contributed by atoms with Gasteiger partial charge in [0.1, 0.15) is 24.0 Å². The van der Waals surface area contributed by atoms with Crippen molar-refractivity contribution >= 4 is 29.0 Å². The Bertz CT molecular complexity index is 1180. The second-order valence-electron chi connectivity index (χ2n) is 8.98. The standard InChI is InChI=1S/C27H29F3N4O2S/c28-21-7-5-20(6-8-21)17-34(18-23-4-3-15-37-23)26(35)19-33(14-13-32-11-1-2-12-32)27(36)31-25-10-9-22(29)16-24(25)30/h3-10,15-16H,1-2,11-14,17-19H2,(H,31,36). The second kappa shape index (κ2) is 12.7. The lowest BCUT2D eigenvalue weighted by Crippen LogP contribution is -2.46. The van der Waals surface area contributed by atoms with E-state index in [1.54, 1.807) is 17.0 Å². The van der Waals surface area contributed by atoms with Crippen LogP contribution in [0.3, 0.4) is 0 Å². The maximum Gasteiger partial charge on any atom is 0.322 e. The number of benzene rings is 2. The zero-order valence-electron chi connectivity index (χ0n) is 20.3. The van der Waals surface area contributed by atoms with Crippen LogP contribution in [0.25, 0.3) is 0 Å². The molecule has 1 aromatic heterocycles. The lowest BCUT2D eigenvalue weighted by molar-refractivity contribution is -0.133. The van der Waals surface area contributed by atoms with E-state index in [-0.39, 0.29) is 37.0 Å². The van der Waals surface area contributed by atoms with E-state index in [0.29, 0.717) is 19.2 Å². The highest BCUT2D eigenvalue weighted by Crippen LogP contribution is 2.18. The summed E-state index contributed by atoms with van der Waals surface area (Å²) in [4.78, 5) is 32.8. The molecule has 1 saturated heterocycles. The van der Waals surface area contributed by atoms with E-state index in [1.165, 1.54) is 28.4 Å². The molecule has 1 N–H and O–H groups in total. The zero-order chi connectivity index (χ0) is 26.2. The molecule has 2 heterocycles. The number of carbonyl (C=O) groups is 2. The Hall–Kier alpha value is -3.37. The van der Waals surface area contributed by atoms with Crippen molar-refractivity contribution in [1.29, 1.82) is 0 Å². The molecule has 10 heteroatoms. The van der Waals surface area contributed by atoms with Gasteiger partial charge < -0.3 is 20.0 Å². The van der Waals surface area contributed by atoms with Gasteiger partial charge in [-0.15, -0.1) is 11.3 Å². The number of amides is 3. The lowest BCUT2D eigenvalue weighted by atomic mass is 10.2. The summed E-state index contributed by atoms with van der Waals surface area (Å²) >= 11 is 1.51. The van der Waals surface area contributed by atoms with E-state index >= 15 is 0 Å². The first-order valence-electron chi connectivity index (χ1n) is 12.2. The van der Waals surface area contributed by atoms with Crippen molar-refractivity contribution < 1.29 is 22.8 Å². The molecule has 3 aromatic rings. The number of urea groups is 1. The minimum Gasteiger partial charge on any atom is -0.332 e. The number of rotatable bonds is 10. The summed E-state index contributed by atoms with van der Waals surface area (Å²) in [5, 5.41) is 4.39. The number of likely N-dealkylation sites (tertiary alicyclic amines) is 1. The largest absolute Gasteiger partial charge is 0.332 e. The van der Waals surface area contributed by atoms with Crippen LogP contribution >= 0.6 is 11.3 Å². The van der Waals surface area contributed by atoms with Crippen LogP contribution in [0.2, 0.25) is 0 Å². The summed E-state index contributed by atoms with van der Waals surface area (Å²) in [6, 6.07) is 12.0. The Morgan fingerprint density at radius 3 is 2.32 bits per heavy atom. The van der Waals surface area contributed by atoms with Crippen molar-refractivity contribution in [2.45, 2.75) is 25.9 Å². The van der Waals surface area contributed by atoms with Gasteiger partial charge in [0.25, 0.3) is 0 Å². The third-order valence-corrected chi connectivity index (χ3v) is 7.10. The zero-order valence-corrected chi connectivity index (χ0v) is 21.2. The van der Waals surface area contributed by atoms with Crippen LogP contribution in [-0.4, -0.2) is 59.4 Å². The molecule has 1 fully saturated rings. The number of thiophene rings is 1. The minimum atomic E-state index is -0.894. The van der Waals surface area contributed by atoms with Crippen molar-refractivity contribution in [1.82, 2.24) is 14.7 Å². The Morgan fingerprint density at radius 1 is 0.919 bits per heavy atom. The first-order valence-corrected chi connectivity index (χ1v) is 13.0. The second-order valence-corrected chi connectivity index (χ2v) is 10.0. The van der Waals surface area contributed by atoms with Crippen LogP contribution in [0, 0.1) is 17.5 Å². The van der Waals surface area contributed by atoms with Gasteiger partial charge in [-0.1, -0.05) is 18.2 Å². The Labute approximate surface area is 218 Å². The van der Waals surface area contributed by atoms with Crippen LogP contribution in [0.4, 0.5) is 23.7 Å². The molecule has 4 rings (SSSR count). The third-order valence-electron chi connectivity index (χ3n) is 6.24. The molecular weight excluding hydrogens is 501 g/mol. The predicted octanol–water partition coefficient (Wildman–Crippen LogP) is 5.32. The van der Waals surface area contributed by atoms with Gasteiger partial charge in [-0.25, -0.2) is 18.0 Å². The molecule has 2 aromatic carbocycles. The fourth-order valence-electron chi connectivity index (χ4n) is 4.20. The monoisotopic (exact) mass is 530 g/mol. The van der Waals surface area contributed by atoms with Crippen LogP contribution < -0.4 is 5.32 Å². The summed E-state index contributed by atoms with van der Waals surface area (Å²) in [6.07, 6.45) is 2.16. The van der Waals surface area contributed by atoms with Crippen LogP contribution in [0.5, 0.6) is 0 Å². The number of hydrogen-bond donors (Lipinski definition) is 1. The van der Waals surface area contributed by atoms with Gasteiger partial charge in [-0.3, -0.25) is 4.79 Å². The number of nitrogens with one attached hydrogen (secondary N) is 1.